The number of benzene rings is 2. The summed E-state index contributed by atoms with van der Waals surface area (Å²) in [7, 11) is 2.23. The average molecular weight is 332 g/mol. The SMILES string of the molecule is CCCC1(C2=CCN(C)CC2)c2ccccc2CCc2ccccc21. The van der Waals surface area contributed by atoms with Crippen LogP contribution in [0.2, 0.25) is 0 Å². The number of rotatable bonds is 3. The molecule has 0 atom stereocenters. The normalized spacial score (nSPS) is 19.5. The fourth-order valence-electron chi connectivity index (χ4n) is 5.03. The highest BCUT2D eigenvalue weighted by molar-refractivity contribution is 5.56. The maximum Gasteiger partial charge on any atom is 0.0417 e. The van der Waals surface area contributed by atoms with Crippen molar-refractivity contribution in [3.8, 4) is 0 Å². The van der Waals surface area contributed by atoms with Crippen molar-refractivity contribution < 1.29 is 0 Å². The number of likely N-dealkylation sites (N-methyl/N-ethyl adjacent to an activating group) is 1. The Morgan fingerprint density at radius 3 is 2.00 bits per heavy atom. The summed E-state index contributed by atoms with van der Waals surface area (Å²) >= 11 is 0. The van der Waals surface area contributed by atoms with Gasteiger partial charge >= 0.3 is 0 Å². The first-order chi connectivity index (χ1) is 12.3. The molecule has 2 aromatic carbocycles. The minimum absolute atomic E-state index is 0.0691. The molecule has 0 saturated heterocycles. The second kappa shape index (κ2) is 6.80. The standard InChI is InChI=1S/C24H29N/c1-3-16-24(21-14-17-25(2)18-15-21)22-10-6-4-8-19(22)12-13-20-9-5-7-11-23(20)24/h4-11,14H,3,12-13,15-18H2,1-2H3. The van der Waals surface area contributed by atoms with Gasteiger partial charge in [-0.1, -0.05) is 73.5 Å². The van der Waals surface area contributed by atoms with Gasteiger partial charge in [0.1, 0.15) is 0 Å². The molecule has 130 valence electrons. The lowest BCUT2D eigenvalue weighted by Crippen LogP contribution is -2.36. The van der Waals surface area contributed by atoms with Crippen molar-refractivity contribution in [1.29, 1.82) is 0 Å². The highest BCUT2D eigenvalue weighted by Crippen LogP contribution is 2.49. The minimum Gasteiger partial charge on any atom is -0.302 e. The smallest absolute Gasteiger partial charge is 0.0417 e. The van der Waals surface area contributed by atoms with E-state index in [1.54, 1.807) is 27.8 Å². The molecule has 0 unspecified atom stereocenters. The topological polar surface area (TPSA) is 3.24 Å². The number of hydrogen-bond donors (Lipinski definition) is 0. The summed E-state index contributed by atoms with van der Waals surface area (Å²) in [5, 5.41) is 0. The molecule has 0 amide bonds. The Morgan fingerprint density at radius 2 is 1.48 bits per heavy atom. The molecule has 0 aromatic heterocycles. The van der Waals surface area contributed by atoms with Crippen LogP contribution >= 0.6 is 0 Å². The quantitative estimate of drug-likeness (QED) is 0.705. The van der Waals surface area contributed by atoms with E-state index in [1.807, 2.05) is 0 Å². The van der Waals surface area contributed by atoms with Gasteiger partial charge in [0.05, 0.1) is 0 Å². The van der Waals surface area contributed by atoms with Gasteiger partial charge in [-0.15, -0.1) is 0 Å². The summed E-state index contributed by atoms with van der Waals surface area (Å²) in [6, 6.07) is 18.5. The molecule has 1 nitrogen and oxygen atoms in total. The van der Waals surface area contributed by atoms with Crippen LogP contribution in [0.25, 0.3) is 0 Å². The Balaban J connectivity index is 2.01. The molecule has 2 aromatic rings. The molecule has 1 heterocycles. The zero-order chi connectivity index (χ0) is 17.3. The van der Waals surface area contributed by atoms with Gasteiger partial charge in [0.25, 0.3) is 0 Å². The molecule has 0 saturated carbocycles. The Kier molecular flexibility index (Phi) is 4.52. The lowest BCUT2D eigenvalue weighted by molar-refractivity contribution is 0.341. The molecular weight excluding hydrogens is 302 g/mol. The summed E-state index contributed by atoms with van der Waals surface area (Å²) in [5.41, 5.74) is 7.95. The highest BCUT2D eigenvalue weighted by Gasteiger charge is 2.41. The Morgan fingerprint density at radius 1 is 0.880 bits per heavy atom. The number of nitrogens with zero attached hydrogens (tertiary/aromatic N) is 1. The third kappa shape index (κ3) is 2.75. The summed E-state index contributed by atoms with van der Waals surface area (Å²) < 4.78 is 0. The van der Waals surface area contributed by atoms with Crippen LogP contribution in [0.5, 0.6) is 0 Å². The van der Waals surface area contributed by atoms with E-state index in [-0.39, 0.29) is 5.41 Å². The third-order valence-electron chi connectivity index (χ3n) is 6.20. The van der Waals surface area contributed by atoms with Crippen LogP contribution in [0.15, 0.2) is 60.2 Å². The second-order valence-electron chi connectivity index (χ2n) is 7.71. The minimum atomic E-state index is 0.0691. The van der Waals surface area contributed by atoms with Gasteiger partial charge in [-0.25, -0.2) is 0 Å². The molecule has 0 bridgehead atoms. The van der Waals surface area contributed by atoms with Crippen molar-refractivity contribution in [3.63, 3.8) is 0 Å². The predicted octanol–water partition coefficient (Wildman–Crippen LogP) is 5.13. The lowest BCUT2D eigenvalue weighted by atomic mass is 9.63. The van der Waals surface area contributed by atoms with E-state index >= 15 is 0 Å². The first-order valence-electron chi connectivity index (χ1n) is 9.80. The van der Waals surface area contributed by atoms with E-state index in [9.17, 15) is 0 Å². The van der Waals surface area contributed by atoms with Crippen molar-refractivity contribution in [2.75, 3.05) is 20.1 Å². The van der Waals surface area contributed by atoms with Crippen molar-refractivity contribution >= 4 is 0 Å². The summed E-state index contributed by atoms with van der Waals surface area (Å²) in [5.74, 6) is 0. The zero-order valence-electron chi connectivity index (χ0n) is 15.6. The van der Waals surface area contributed by atoms with E-state index in [2.05, 4.69) is 73.5 Å². The van der Waals surface area contributed by atoms with Gasteiger partial charge in [-0.05, 0) is 55.0 Å². The Labute approximate surface area is 152 Å². The third-order valence-corrected chi connectivity index (χ3v) is 6.20. The van der Waals surface area contributed by atoms with Crippen LogP contribution in [0.4, 0.5) is 0 Å². The fraction of sp³-hybridized carbons (Fsp3) is 0.417. The largest absolute Gasteiger partial charge is 0.302 e. The Hall–Kier alpha value is -1.86. The molecule has 0 radical (unpaired) electrons. The molecule has 4 rings (SSSR count). The second-order valence-corrected chi connectivity index (χ2v) is 7.71. The van der Waals surface area contributed by atoms with Crippen LogP contribution in [-0.2, 0) is 18.3 Å². The van der Waals surface area contributed by atoms with Crippen LogP contribution in [0, 0.1) is 0 Å². The number of aryl methyl sites for hydroxylation is 2. The van der Waals surface area contributed by atoms with E-state index < -0.39 is 0 Å². The van der Waals surface area contributed by atoms with Crippen molar-refractivity contribution in [1.82, 2.24) is 4.90 Å². The van der Waals surface area contributed by atoms with E-state index in [4.69, 9.17) is 0 Å². The van der Waals surface area contributed by atoms with Crippen LogP contribution < -0.4 is 0 Å². The first-order valence-corrected chi connectivity index (χ1v) is 9.80. The Bertz CT molecular complexity index is 739. The molecule has 2 aliphatic rings. The molecule has 25 heavy (non-hydrogen) atoms. The molecular formula is C24H29N. The maximum atomic E-state index is 2.53. The fourth-order valence-corrected chi connectivity index (χ4v) is 5.03. The number of fused-ring (bicyclic) bond motifs is 2. The van der Waals surface area contributed by atoms with Gasteiger partial charge < -0.3 is 4.90 Å². The molecule has 0 spiro atoms. The van der Waals surface area contributed by atoms with Gasteiger partial charge in [0.15, 0.2) is 0 Å². The molecule has 0 N–H and O–H groups in total. The van der Waals surface area contributed by atoms with Crippen LogP contribution in [0.3, 0.4) is 0 Å². The summed E-state index contributed by atoms with van der Waals surface area (Å²) in [4.78, 5) is 2.43. The molecule has 1 aliphatic heterocycles. The predicted molar refractivity (Wildman–Crippen MR) is 106 cm³/mol. The molecule has 1 heteroatoms. The van der Waals surface area contributed by atoms with Gasteiger partial charge in [-0.2, -0.15) is 0 Å². The summed E-state index contributed by atoms with van der Waals surface area (Å²) in [6.07, 6.45) is 8.43. The van der Waals surface area contributed by atoms with E-state index in [0.717, 1.165) is 19.4 Å². The van der Waals surface area contributed by atoms with Crippen molar-refractivity contribution in [2.24, 2.45) is 0 Å². The highest BCUT2D eigenvalue weighted by atomic mass is 15.1. The van der Waals surface area contributed by atoms with Crippen LogP contribution in [-0.4, -0.2) is 25.0 Å². The summed E-state index contributed by atoms with van der Waals surface area (Å²) in [6.45, 7) is 4.58. The lowest BCUT2D eigenvalue weighted by Gasteiger charge is -2.41. The zero-order valence-corrected chi connectivity index (χ0v) is 15.6. The van der Waals surface area contributed by atoms with Gasteiger partial charge in [-0.3, -0.25) is 0 Å². The maximum absolute atomic E-state index is 2.53. The van der Waals surface area contributed by atoms with Crippen LogP contribution in [0.1, 0.15) is 48.4 Å². The van der Waals surface area contributed by atoms with Gasteiger partial charge in [0, 0.05) is 18.5 Å². The monoisotopic (exact) mass is 331 g/mol. The van der Waals surface area contributed by atoms with Gasteiger partial charge in [0.2, 0.25) is 0 Å². The van der Waals surface area contributed by atoms with E-state index in [1.165, 1.54) is 25.8 Å². The first kappa shape index (κ1) is 16.6. The average Bonchev–Trinajstić information content (AvgIpc) is 2.79. The number of hydrogen-bond acceptors (Lipinski definition) is 1. The van der Waals surface area contributed by atoms with Crippen molar-refractivity contribution in [2.45, 2.75) is 44.4 Å². The van der Waals surface area contributed by atoms with E-state index in [0.29, 0.717) is 0 Å². The van der Waals surface area contributed by atoms with Crippen molar-refractivity contribution in [3.05, 3.63) is 82.4 Å². The molecule has 1 aliphatic carbocycles. The molecule has 0 fully saturated rings.